The third-order valence-corrected chi connectivity index (χ3v) is 4.86. The molecule has 0 aliphatic carbocycles. The predicted octanol–water partition coefficient (Wildman–Crippen LogP) is 4.59. The van der Waals surface area contributed by atoms with Gasteiger partial charge in [-0.25, -0.2) is 9.69 Å². The lowest BCUT2D eigenvalue weighted by Crippen LogP contribution is -2.54. The molecule has 0 unspecified atom stereocenters. The maximum absolute atomic E-state index is 12.9. The standard InChI is InChI=1S/C24H17ClN2O4/c25-18-9-11-19(12-10-18)27-23(29)21(22(28)26-24(27)30)14-17-7-4-8-20(13-17)31-15-16-5-2-1-3-6-16/h1-14H,15H2,(H,26,28,30)/b21-14-. The van der Waals surface area contributed by atoms with Gasteiger partial charge in [-0.15, -0.1) is 0 Å². The number of anilines is 1. The Kier molecular flexibility index (Phi) is 5.82. The van der Waals surface area contributed by atoms with Crippen LogP contribution in [0.25, 0.3) is 6.08 Å². The summed E-state index contributed by atoms with van der Waals surface area (Å²) in [4.78, 5) is 38.5. The number of ether oxygens (including phenoxy) is 1. The summed E-state index contributed by atoms with van der Waals surface area (Å²) in [6.07, 6.45) is 1.43. The largest absolute Gasteiger partial charge is 0.489 e. The molecule has 0 spiro atoms. The second kappa shape index (κ2) is 8.85. The van der Waals surface area contributed by atoms with Gasteiger partial charge in [0.05, 0.1) is 5.69 Å². The van der Waals surface area contributed by atoms with Gasteiger partial charge >= 0.3 is 6.03 Å². The lowest BCUT2D eigenvalue weighted by atomic mass is 10.1. The van der Waals surface area contributed by atoms with Gasteiger partial charge < -0.3 is 4.74 Å². The third kappa shape index (κ3) is 4.65. The summed E-state index contributed by atoms with van der Waals surface area (Å²) in [5.41, 5.74) is 1.76. The van der Waals surface area contributed by atoms with Crippen LogP contribution in [0.1, 0.15) is 11.1 Å². The molecule has 4 rings (SSSR count). The van der Waals surface area contributed by atoms with Crippen molar-refractivity contribution in [1.82, 2.24) is 5.32 Å². The Balaban J connectivity index is 1.58. The van der Waals surface area contributed by atoms with Crippen molar-refractivity contribution in [2.75, 3.05) is 4.90 Å². The Morgan fingerprint density at radius 2 is 1.65 bits per heavy atom. The molecule has 3 aromatic carbocycles. The monoisotopic (exact) mass is 432 g/mol. The zero-order valence-corrected chi connectivity index (χ0v) is 17.0. The van der Waals surface area contributed by atoms with Crippen LogP contribution in [0.3, 0.4) is 0 Å². The molecule has 1 saturated heterocycles. The summed E-state index contributed by atoms with van der Waals surface area (Å²) in [5.74, 6) is -0.880. The van der Waals surface area contributed by atoms with E-state index in [-0.39, 0.29) is 5.57 Å². The van der Waals surface area contributed by atoms with Gasteiger partial charge in [0.25, 0.3) is 11.8 Å². The van der Waals surface area contributed by atoms with Crippen LogP contribution in [0.5, 0.6) is 5.75 Å². The van der Waals surface area contributed by atoms with Gasteiger partial charge in [0.1, 0.15) is 17.9 Å². The van der Waals surface area contributed by atoms with E-state index >= 15 is 0 Å². The minimum absolute atomic E-state index is 0.158. The minimum Gasteiger partial charge on any atom is -0.489 e. The van der Waals surface area contributed by atoms with E-state index < -0.39 is 17.8 Å². The van der Waals surface area contributed by atoms with Crippen molar-refractivity contribution in [2.24, 2.45) is 0 Å². The molecule has 31 heavy (non-hydrogen) atoms. The molecule has 6 nitrogen and oxygen atoms in total. The number of hydrogen-bond donors (Lipinski definition) is 1. The first-order chi connectivity index (χ1) is 15.0. The molecule has 0 radical (unpaired) electrons. The SMILES string of the molecule is O=C1NC(=O)N(c2ccc(Cl)cc2)C(=O)/C1=C\c1cccc(OCc2ccccc2)c1. The van der Waals surface area contributed by atoms with Crippen LogP contribution in [0.2, 0.25) is 5.02 Å². The Morgan fingerprint density at radius 1 is 0.903 bits per heavy atom. The highest BCUT2D eigenvalue weighted by atomic mass is 35.5. The van der Waals surface area contributed by atoms with Gasteiger partial charge in [-0.05, 0) is 53.6 Å². The fourth-order valence-electron chi connectivity index (χ4n) is 3.08. The van der Waals surface area contributed by atoms with Crippen molar-refractivity contribution in [3.05, 3.63) is 101 Å². The number of rotatable bonds is 5. The number of benzene rings is 3. The Labute approximate surface area is 183 Å². The quantitative estimate of drug-likeness (QED) is 0.472. The van der Waals surface area contributed by atoms with Crippen LogP contribution in [-0.2, 0) is 16.2 Å². The van der Waals surface area contributed by atoms with Gasteiger partial charge in [-0.1, -0.05) is 54.1 Å². The van der Waals surface area contributed by atoms with E-state index in [4.69, 9.17) is 16.3 Å². The van der Waals surface area contributed by atoms with Crippen LogP contribution in [0, 0.1) is 0 Å². The highest BCUT2D eigenvalue weighted by Gasteiger charge is 2.36. The average Bonchev–Trinajstić information content (AvgIpc) is 2.77. The molecule has 154 valence electrons. The second-order valence-corrected chi connectivity index (χ2v) is 7.22. The fraction of sp³-hybridized carbons (Fsp3) is 0.0417. The summed E-state index contributed by atoms with van der Waals surface area (Å²) in [6, 6.07) is 22.1. The maximum atomic E-state index is 12.9. The number of urea groups is 1. The summed E-state index contributed by atoms with van der Waals surface area (Å²) < 4.78 is 5.80. The number of barbiturate groups is 1. The van der Waals surface area contributed by atoms with Crippen molar-refractivity contribution in [1.29, 1.82) is 0 Å². The molecule has 1 N–H and O–H groups in total. The number of halogens is 1. The molecule has 7 heteroatoms. The Morgan fingerprint density at radius 3 is 2.39 bits per heavy atom. The van der Waals surface area contributed by atoms with E-state index in [2.05, 4.69) is 5.32 Å². The average molecular weight is 433 g/mol. The van der Waals surface area contributed by atoms with Gasteiger partial charge in [-0.3, -0.25) is 14.9 Å². The number of nitrogens with zero attached hydrogens (tertiary/aromatic N) is 1. The van der Waals surface area contributed by atoms with Crippen LogP contribution in [0.4, 0.5) is 10.5 Å². The summed E-state index contributed by atoms with van der Waals surface area (Å²) >= 11 is 5.88. The smallest absolute Gasteiger partial charge is 0.335 e. The first-order valence-electron chi connectivity index (χ1n) is 9.45. The molecule has 0 aromatic heterocycles. The zero-order chi connectivity index (χ0) is 21.8. The van der Waals surface area contributed by atoms with E-state index in [0.717, 1.165) is 10.5 Å². The number of amides is 4. The van der Waals surface area contributed by atoms with Crippen LogP contribution in [0.15, 0.2) is 84.4 Å². The summed E-state index contributed by atoms with van der Waals surface area (Å²) in [7, 11) is 0. The first-order valence-corrected chi connectivity index (χ1v) is 9.83. The fourth-order valence-corrected chi connectivity index (χ4v) is 3.21. The maximum Gasteiger partial charge on any atom is 0.335 e. The molecule has 0 atom stereocenters. The lowest BCUT2D eigenvalue weighted by Gasteiger charge is -2.26. The van der Waals surface area contributed by atoms with Crippen molar-refractivity contribution in [3.63, 3.8) is 0 Å². The minimum atomic E-state index is -0.811. The first kappa shape index (κ1) is 20.4. The van der Waals surface area contributed by atoms with E-state index in [1.165, 1.54) is 18.2 Å². The predicted molar refractivity (Wildman–Crippen MR) is 118 cm³/mol. The van der Waals surface area contributed by atoms with Crippen molar-refractivity contribution in [2.45, 2.75) is 6.61 Å². The van der Waals surface area contributed by atoms with E-state index in [9.17, 15) is 14.4 Å². The summed E-state index contributed by atoms with van der Waals surface area (Å²) in [6.45, 7) is 0.388. The highest BCUT2D eigenvalue weighted by molar-refractivity contribution is 6.39. The molecule has 1 aliphatic heterocycles. The van der Waals surface area contributed by atoms with Crippen molar-refractivity contribution < 1.29 is 19.1 Å². The molecule has 0 bridgehead atoms. The van der Waals surface area contributed by atoms with Crippen LogP contribution in [-0.4, -0.2) is 17.8 Å². The number of imide groups is 2. The number of nitrogens with one attached hydrogen (secondary N) is 1. The molecule has 1 fully saturated rings. The van der Waals surface area contributed by atoms with Crippen molar-refractivity contribution >= 4 is 41.2 Å². The van der Waals surface area contributed by atoms with Gasteiger partial charge in [-0.2, -0.15) is 0 Å². The highest BCUT2D eigenvalue weighted by Crippen LogP contribution is 2.24. The summed E-state index contributed by atoms with van der Waals surface area (Å²) in [5, 5.41) is 2.66. The molecule has 1 aliphatic rings. The van der Waals surface area contributed by atoms with E-state index in [1.54, 1.807) is 36.4 Å². The normalized spacial score (nSPS) is 15.2. The molecular formula is C24H17ClN2O4. The number of carbonyl (C=O) groups is 3. The molecule has 3 aromatic rings. The lowest BCUT2D eigenvalue weighted by molar-refractivity contribution is -0.122. The third-order valence-electron chi connectivity index (χ3n) is 4.60. The number of carbonyl (C=O) groups excluding carboxylic acids is 3. The molecule has 4 amide bonds. The van der Waals surface area contributed by atoms with E-state index in [0.29, 0.717) is 28.6 Å². The molecule has 0 saturated carbocycles. The second-order valence-electron chi connectivity index (χ2n) is 6.78. The Bertz CT molecular complexity index is 1170. The van der Waals surface area contributed by atoms with Gasteiger partial charge in [0, 0.05) is 5.02 Å². The van der Waals surface area contributed by atoms with Gasteiger partial charge in [0.2, 0.25) is 0 Å². The van der Waals surface area contributed by atoms with Crippen molar-refractivity contribution in [3.8, 4) is 5.75 Å². The molecule has 1 heterocycles. The van der Waals surface area contributed by atoms with Gasteiger partial charge in [0.15, 0.2) is 0 Å². The van der Waals surface area contributed by atoms with Crippen LogP contribution < -0.4 is 15.0 Å². The zero-order valence-electron chi connectivity index (χ0n) is 16.2. The van der Waals surface area contributed by atoms with Crippen LogP contribution >= 0.6 is 11.6 Å². The number of hydrogen-bond acceptors (Lipinski definition) is 4. The topological polar surface area (TPSA) is 75.7 Å². The molecular weight excluding hydrogens is 416 g/mol. The van der Waals surface area contributed by atoms with E-state index in [1.807, 2.05) is 30.3 Å². The Hall–Kier alpha value is -3.90.